The molecule has 0 saturated carbocycles. The summed E-state index contributed by atoms with van der Waals surface area (Å²) in [6.45, 7) is 3.50. The predicted octanol–water partition coefficient (Wildman–Crippen LogP) is 6.39. The van der Waals surface area contributed by atoms with Crippen molar-refractivity contribution in [2.45, 2.75) is 0 Å². The summed E-state index contributed by atoms with van der Waals surface area (Å²) in [6, 6.07) is 27.5. The Morgan fingerprint density at radius 3 is 2.58 bits per heavy atom. The van der Waals surface area contributed by atoms with Crippen LogP contribution in [0, 0.1) is 0 Å². The Labute approximate surface area is 252 Å². The van der Waals surface area contributed by atoms with E-state index in [1.54, 1.807) is 17.5 Å². The molecule has 0 radical (unpaired) electrons. The van der Waals surface area contributed by atoms with E-state index in [0.29, 0.717) is 11.5 Å². The van der Waals surface area contributed by atoms with Gasteiger partial charge in [-0.25, -0.2) is 15.0 Å². The van der Waals surface area contributed by atoms with E-state index in [2.05, 4.69) is 37.1 Å². The van der Waals surface area contributed by atoms with Gasteiger partial charge in [0, 0.05) is 59.1 Å². The van der Waals surface area contributed by atoms with Gasteiger partial charge in [0.2, 0.25) is 5.95 Å². The Kier molecular flexibility index (Phi) is 7.51. The molecule has 0 atom stereocenters. The van der Waals surface area contributed by atoms with Gasteiger partial charge in [-0.3, -0.25) is 9.20 Å². The fourth-order valence-electron chi connectivity index (χ4n) is 5.17. The highest BCUT2D eigenvalue weighted by atomic mass is 32.1. The van der Waals surface area contributed by atoms with Crippen LogP contribution in [0.3, 0.4) is 0 Å². The maximum atomic E-state index is 12.6. The Morgan fingerprint density at radius 1 is 0.907 bits per heavy atom. The van der Waals surface area contributed by atoms with Crippen LogP contribution in [-0.2, 0) is 4.74 Å². The van der Waals surface area contributed by atoms with E-state index in [1.807, 2.05) is 84.4 Å². The van der Waals surface area contributed by atoms with Crippen molar-refractivity contribution in [2.75, 3.05) is 48.4 Å². The lowest BCUT2D eigenvalue weighted by Gasteiger charge is -2.28. The van der Waals surface area contributed by atoms with Crippen LogP contribution in [0.2, 0.25) is 0 Å². The first-order chi connectivity index (χ1) is 21.2. The van der Waals surface area contributed by atoms with Crippen molar-refractivity contribution < 1.29 is 9.53 Å². The fraction of sp³-hybridized carbons (Fsp3) is 0.152. The minimum atomic E-state index is 0.0333. The van der Waals surface area contributed by atoms with Gasteiger partial charge in [0.05, 0.1) is 31.1 Å². The zero-order chi connectivity index (χ0) is 29.0. The van der Waals surface area contributed by atoms with Gasteiger partial charge in [-0.15, -0.1) is 11.3 Å². The zero-order valence-electron chi connectivity index (χ0n) is 23.3. The van der Waals surface area contributed by atoms with Gasteiger partial charge in [-0.2, -0.15) is 0 Å². The third-order valence-electron chi connectivity index (χ3n) is 7.34. The van der Waals surface area contributed by atoms with Gasteiger partial charge in [0.25, 0.3) is 0 Å². The van der Waals surface area contributed by atoms with Crippen molar-refractivity contribution in [1.29, 1.82) is 0 Å². The van der Waals surface area contributed by atoms with E-state index in [1.165, 1.54) is 5.69 Å². The maximum Gasteiger partial charge on any atom is 0.227 e. The molecule has 0 amide bonds. The monoisotopic (exact) mass is 587 g/mol. The lowest BCUT2D eigenvalue weighted by Crippen LogP contribution is -2.36. The molecule has 0 aliphatic carbocycles. The standard InChI is InChI=1S/C33H29N7O2S/c41-29(23-5-2-1-3-6-23)22-35-26-8-4-7-24(21-26)30-31(40-17-20-43-33(40)38-30)28-13-14-34-32(37-28)36-25-9-11-27(12-10-25)39-15-18-42-19-16-39/h1-14,17,20-21,35H,15-16,18-19,22H2,(H,34,36,37). The van der Waals surface area contributed by atoms with Crippen LogP contribution in [0.25, 0.3) is 27.6 Å². The molecular formula is C33H29N7O2S. The van der Waals surface area contributed by atoms with Crippen molar-refractivity contribution in [3.8, 4) is 22.6 Å². The number of anilines is 4. The van der Waals surface area contributed by atoms with Crippen LogP contribution in [0.15, 0.2) is 103 Å². The number of hydrogen-bond acceptors (Lipinski definition) is 9. The number of ether oxygens (including phenoxy) is 1. The van der Waals surface area contributed by atoms with Crippen LogP contribution in [0.5, 0.6) is 0 Å². The van der Waals surface area contributed by atoms with Crippen molar-refractivity contribution in [2.24, 2.45) is 0 Å². The number of nitrogens with zero attached hydrogens (tertiary/aromatic N) is 5. The lowest BCUT2D eigenvalue weighted by atomic mass is 10.1. The van der Waals surface area contributed by atoms with Gasteiger partial charge in [-0.05, 0) is 42.5 Å². The highest BCUT2D eigenvalue weighted by molar-refractivity contribution is 7.15. The molecular weight excluding hydrogens is 558 g/mol. The first kappa shape index (κ1) is 26.8. The van der Waals surface area contributed by atoms with E-state index in [0.717, 1.165) is 65.3 Å². The molecule has 0 unspecified atom stereocenters. The first-order valence-electron chi connectivity index (χ1n) is 14.1. The van der Waals surface area contributed by atoms with Crippen molar-refractivity contribution in [1.82, 2.24) is 19.4 Å². The number of carbonyl (C=O) groups is 1. The number of hydrogen-bond donors (Lipinski definition) is 2. The molecule has 0 spiro atoms. The third kappa shape index (κ3) is 5.83. The number of thiazole rings is 1. The van der Waals surface area contributed by atoms with Crippen LogP contribution in [0.1, 0.15) is 10.4 Å². The number of ketones is 1. The number of rotatable bonds is 9. The average Bonchev–Trinajstić information content (AvgIpc) is 3.67. The molecule has 7 rings (SSSR count). The predicted molar refractivity (Wildman–Crippen MR) is 172 cm³/mol. The molecule has 3 aromatic heterocycles. The molecule has 214 valence electrons. The van der Waals surface area contributed by atoms with Gasteiger partial charge in [-0.1, -0.05) is 42.5 Å². The van der Waals surface area contributed by atoms with Crippen LogP contribution in [0.4, 0.5) is 23.0 Å². The number of aromatic nitrogens is 4. The summed E-state index contributed by atoms with van der Waals surface area (Å²) in [4.78, 5) is 30.2. The van der Waals surface area contributed by atoms with E-state index in [-0.39, 0.29) is 12.3 Å². The summed E-state index contributed by atoms with van der Waals surface area (Å²) in [5.41, 5.74) is 6.97. The SMILES string of the molecule is O=C(CNc1cccc(-c2nc3sccn3c2-c2ccnc(Nc3ccc(N4CCOCC4)cc3)n2)c1)c1ccccc1. The van der Waals surface area contributed by atoms with Gasteiger partial charge in [0.1, 0.15) is 5.69 Å². The summed E-state index contributed by atoms with van der Waals surface area (Å²) < 4.78 is 7.53. The maximum absolute atomic E-state index is 12.6. The summed E-state index contributed by atoms with van der Waals surface area (Å²) >= 11 is 1.57. The molecule has 2 N–H and O–H groups in total. The second-order valence-corrected chi connectivity index (χ2v) is 11.0. The number of morpholine rings is 1. The summed E-state index contributed by atoms with van der Waals surface area (Å²) in [5.74, 6) is 0.536. The minimum Gasteiger partial charge on any atom is -0.378 e. The minimum absolute atomic E-state index is 0.0333. The molecule has 1 saturated heterocycles. The Hall–Kier alpha value is -5.06. The average molecular weight is 588 g/mol. The normalized spacial score (nSPS) is 13.3. The zero-order valence-corrected chi connectivity index (χ0v) is 24.1. The fourth-order valence-corrected chi connectivity index (χ4v) is 5.89. The van der Waals surface area contributed by atoms with E-state index >= 15 is 0 Å². The Balaban J connectivity index is 1.14. The summed E-state index contributed by atoms with van der Waals surface area (Å²) in [7, 11) is 0. The molecule has 4 heterocycles. The van der Waals surface area contributed by atoms with Crippen molar-refractivity contribution >= 4 is 45.1 Å². The molecule has 6 aromatic rings. The molecule has 10 heteroatoms. The largest absolute Gasteiger partial charge is 0.378 e. The molecule has 0 bridgehead atoms. The summed E-state index contributed by atoms with van der Waals surface area (Å²) in [5, 5.41) is 8.64. The van der Waals surface area contributed by atoms with Crippen LogP contribution < -0.4 is 15.5 Å². The van der Waals surface area contributed by atoms with Gasteiger partial charge >= 0.3 is 0 Å². The number of fused-ring (bicyclic) bond motifs is 1. The topological polar surface area (TPSA) is 96.7 Å². The quantitative estimate of drug-likeness (QED) is 0.188. The van der Waals surface area contributed by atoms with E-state index in [9.17, 15) is 4.79 Å². The molecule has 1 aliphatic rings. The van der Waals surface area contributed by atoms with Gasteiger partial charge < -0.3 is 20.3 Å². The van der Waals surface area contributed by atoms with E-state index < -0.39 is 0 Å². The van der Waals surface area contributed by atoms with Crippen LogP contribution >= 0.6 is 11.3 Å². The highest BCUT2D eigenvalue weighted by Gasteiger charge is 2.19. The lowest BCUT2D eigenvalue weighted by molar-refractivity contribution is 0.101. The number of carbonyl (C=O) groups excluding carboxylic acids is 1. The molecule has 1 fully saturated rings. The molecule has 1 aliphatic heterocycles. The number of imidazole rings is 1. The number of Topliss-reactive ketones (excluding diaryl/α,β-unsaturated/α-hetero) is 1. The van der Waals surface area contributed by atoms with Crippen molar-refractivity contribution in [3.05, 3.63) is 108 Å². The third-order valence-corrected chi connectivity index (χ3v) is 8.10. The van der Waals surface area contributed by atoms with Crippen molar-refractivity contribution in [3.63, 3.8) is 0 Å². The molecule has 3 aromatic carbocycles. The molecule has 9 nitrogen and oxygen atoms in total. The smallest absolute Gasteiger partial charge is 0.227 e. The van der Waals surface area contributed by atoms with E-state index in [4.69, 9.17) is 14.7 Å². The second-order valence-electron chi connectivity index (χ2n) is 10.1. The Morgan fingerprint density at radius 2 is 1.74 bits per heavy atom. The Bertz CT molecular complexity index is 1860. The number of nitrogens with one attached hydrogen (secondary N) is 2. The van der Waals surface area contributed by atoms with Crippen LogP contribution in [-0.4, -0.2) is 58.0 Å². The van der Waals surface area contributed by atoms with Gasteiger partial charge in [0.15, 0.2) is 10.7 Å². The first-order valence-corrected chi connectivity index (χ1v) is 15.0. The second kappa shape index (κ2) is 12.0. The highest BCUT2D eigenvalue weighted by Crippen LogP contribution is 2.35. The number of benzene rings is 3. The molecule has 43 heavy (non-hydrogen) atoms. The summed E-state index contributed by atoms with van der Waals surface area (Å²) in [6.07, 6.45) is 3.77.